The molecule has 0 heterocycles. The van der Waals surface area contributed by atoms with Crippen LogP contribution in [0, 0.1) is 22.7 Å². The zero-order valence-corrected chi connectivity index (χ0v) is 28.1. The molecule has 0 radical (unpaired) electrons. The molecule has 4 aliphatic carbocycles. The fraction of sp³-hybridized carbons (Fsp3) is 0.0556. The van der Waals surface area contributed by atoms with E-state index in [0.717, 1.165) is 22.5 Å². The van der Waals surface area contributed by atoms with Gasteiger partial charge in [-0.2, -0.15) is 9.81 Å². The smallest absolute Gasteiger partial charge is 0.187 e. The van der Waals surface area contributed by atoms with Crippen LogP contribution < -0.4 is 10.6 Å². The fourth-order valence-corrected chi connectivity index (χ4v) is 3.71. The Morgan fingerprint density at radius 3 is 1.28 bits per heavy atom. The molecule has 0 aliphatic heterocycles. The van der Waals surface area contributed by atoms with Gasteiger partial charge in [-0.25, -0.2) is 0 Å². The van der Waals surface area contributed by atoms with Crippen LogP contribution in [0.15, 0.2) is 178 Å². The number of hydrogen-bond acceptors (Lipinski definition) is 8. The molecule has 1 aromatic rings. The Balaban J connectivity index is 0.000000400. The molecule has 2 N–H and O–H groups in total. The number of para-hydroxylation sites is 2. The summed E-state index contributed by atoms with van der Waals surface area (Å²) in [6, 6.07) is 7.57. The predicted molar refractivity (Wildman–Crippen MR) is 179 cm³/mol. The van der Waals surface area contributed by atoms with Gasteiger partial charge >= 0.3 is 0 Å². The molecule has 5 rings (SSSR count). The Hall–Kier alpha value is -4.70. The van der Waals surface area contributed by atoms with Crippen molar-refractivity contribution in [3.8, 4) is 0 Å². The number of hydrogen-bond donors (Lipinski definition) is 2. The number of benzene rings is 1. The van der Waals surface area contributed by atoms with Crippen molar-refractivity contribution in [2.24, 2.45) is 10.4 Å². The minimum Gasteiger partial charge on any atom is -0.359 e. The van der Waals surface area contributed by atoms with Gasteiger partial charge in [0.05, 0.1) is 11.4 Å². The summed E-state index contributed by atoms with van der Waals surface area (Å²) in [6.45, 7) is 3.39. The Labute approximate surface area is 296 Å². The van der Waals surface area contributed by atoms with Crippen molar-refractivity contribution in [3.05, 3.63) is 190 Å². The van der Waals surface area contributed by atoms with Gasteiger partial charge in [0.2, 0.25) is 0 Å². The second kappa shape index (κ2) is 21.9. The van der Waals surface area contributed by atoms with E-state index in [1.165, 1.54) is 12.2 Å². The van der Waals surface area contributed by atoms with Crippen LogP contribution in [0.5, 0.6) is 0 Å². The molecular weight excluding hydrogens is 765 g/mol. The van der Waals surface area contributed by atoms with Crippen molar-refractivity contribution >= 4 is 22.9 Å². The average Bonchev–Trinajstić information content (AvgIpc) is 3.08. The zero-order chi connectivity index (χ0) is 31.6. The van der Waals surface area contributed by atoms with Crippen LogP contribution in [0.4, 0.5) is 11.4 Å². The van der Waals surface area contributed by atoms with E-state index in [1.807, 2.05) is 97.9 Å². The quantitative estimate of drug-likeness (QED) is 0.129. The van der Waals surface area contributed by atoms with Crippen LogP contribution in [0.25, 0.3) is 0 Å². The van der Waals surface area contributed by atoms with Gasteiger partial charge < -0.3 is 10.6 Å². The Bertz CT molecular complexity index is 1530. The van der Waals surface area contributed by atoms with Gasteiger partial charge in [-0.05, 0) is 36.4 Å². The maximum Gasteiger partial charge on any atom is 0.187 e. The van der Waals surface area contributed by atoms with Gasteiger partial charge in [-0.1, -0.05) is 60.6 Å². The van der Waals surface area contributed by atoms with Crippen molar-refractivity contribution in [1.29, 1.82) is 0 Å². The molecule has 0 atom stereocenters. The summed E-state index contributed by atoms with van der Waals surface area (Å²) >= 11 is 0. The number of rotatable bonds is 6. The van der Waals surface area contributed by atoms with Crippen molar-refractivity contribution < 1.29 is 50.4 Å². The molecule has 0 saturated carbocycles. The normalized spacial score (nSPS) is 18.8. The van der Waals surface area contributed by atoms with E-state index in [2.05, 4.69) is 21.0 Å². The molecule has 46 heavy (non-hydrogen) atoms. The summed E-state index contributed by atoms with van der Waals surface area (Å²) in [5.74, 6) is -0.0791. The number of nitrogens with zero attached hydrogens (tertiary/aromatic N) is 2. The molecule has 10 heteroatoms. The van der Waals surface area contributed by atoms with E-state index >= 15 is 0 Å². The number of carbonyl (C=O) groups is 2. The molecule has 0 aromatic heterocycles. The van der Waals surface area contributed by atoms with Crippen LogP contribution in [0.2, 0.25) is 0 Å². The number of ketones is 2. The average molecular weight is 798 g/mol. The van der Waals surface area contributed by atoms with Gasteiger partial charge in [0, 0.05) is 75.8 Å². The first-order chi connectivity index (χ1) is 21.4. The minimum absolute atomic E-state index is 0. The van der Waals surface area contributed by atoms with E-state index in [0.29, 0.717) is 22.5 Å². The monoisotopic (exact) mass is 796 g/mol. The molecule has 4 aliphatic rings. The van der Waals surface area contributed by atoms with Crippen molar-refractivity contribution in [2.45, 2.75) is 13.8 Å². The van der Waals surface area contributed by atoms with Gasteiger partial charge in [-0.3, -0.25) is 9.59 Å². The molecule has 1 aromatic carbocycles. The largest absolute Gasteiger partial charge is 0.359 e. The first-order valence-electron chi connectivity index (χ1n) is 13.7. The maximum atomic E-state index is 11.7. The molecule has 0 fully saturated rings. The Morgan fingerprint density at radius 2 is 0.957 bits per heavy atom. The van der Waals surface area contributed by atoms with Crippen LogP contribution in [-0.4, -0.2) is 11.6 Å². The van der Waals surface area contributed by atoms with E-state index < -0.39 is 0 Å². The third-order valence-corrected chi connectivity index (χ3v) is 6.19. The van der Waals surface area contributed by atoms with Crippen LogP contribution in [-0.2, 0) is 50.4 Å². The van der Waals surface area contributed by atoms with Crippen LogP contribution >= 0.6 is 0 Å². The summed E-state index contributed by atoms with van der Waals surface area (Å²) < 4.78 is 0. The van der Waals surface area contributed by atoms with Crippen molar-refractivity contribution in [3.63, 3.8) is 0 Å². The summed E-state index contributed by atoms with van der Waals surface area (Å²) in [5, 5.41) is 11.9. The van der Waals surface area contributed by atoms with Gasteiger partial charge in [-0.15, -0.1) is 72.6 Å². The van der Waals surface area contributed by atoms with Gasteiger partial charge in [0.1, 0.15) is 0 Å². The maximum absolute atomic E-state index is 11.7. The molecular formula is C36H32N4O4Pd2-2. The van der Waals surface area contributed by atoms with E-state index in [4.69, 9.17) is 0 Å². The van der Waals surface area contributed by atoms with Crippen molar-refractivity contribution in [2.75, 3.05) is 10.6 Å². The summed E-state index contributed by atoms with van der Waals surface area (Å²) in [7, 11) is 0. The molecule has 0 spiro atoms. The summed E-state index contributed by atoms with van der Waals surface area (Å²) in [5.41, 5.74) is 5.61. The Kier molecular flexibility index (Phi) is 18.7. The Morgan fingerprint density at radius 1 is 0.587 bits per heavy atom. The predicted octanol–water partition coefficient (Wildman–Crippen LogP) is 8.38. The summed E-state index contributed by atoms with van der Waals surface area (Å²) in [4.78, 5) is 43.5. The number of carbonyl (C=O) groups excluding carboxylic acids is 2. The molecule has 0 amide bonds. The molecule has 0 bridgehead atoms. The van der Waals surface area contributed by atoms with E-state index in [-0.39, 0.29) is 52.4 Å². The second-order valence-electron chi connectivity index (χ2n) is 9.28. The third-order valence-electron chi connectivity index (χ3n) is 6.19. The first-order valence-corrected chi connectivity index (χ1v) is 13.7. The number of nitroso groups, excluding NO2 is 2. The number of allylic oxidation sites excluding steroid dienone is 22. The van der Waals surface area contributed by atoms with Crippen molar-refractivity contribution in [1.82, 2.24) is 0 Å². The molecule has 0 saturated heterocycles. The molecule has 8 nitrogen and oxygen atoms in total. The fourth-order valence-electron chi connectivity index (χ4n) is 3.71. The van der Waals surface area contributed by atoms with E-state index in [9.17, 15) is 19.4 Å². The molecule has 0 unspecified atom stereocenters. The summed E-state index contributed by atoms with van der Waals surface area (Å²) in [6.07, 6.45) is 35.7. The number of nitrogens with one attached hydrogen (secondary N) is 2. The van der Waals surface area contributed by atoms with Gasteiger partial charge in [0.15, 0.2) is 11.6 Å². The van der Waals surface area contributed by atoms with E-state index in [1.54, 1.807) is 50.6 Å². The standard InChI is InChI=1S/C20H16N2O2.2C8H8NO.2Pd/c23-19-11-5-1-7-15(19)13-21-17-9-3-4-10-18(17)22-14-16-8-2-6-12-20(16)24;2*1-7(9-10)8-5-3-2-4-6-8;;/h1-14,21-22H;2*2-6H,1H3;;/q;2*-1;;. The van der Waals surface area contributed by atoms with Crippen LogP contribution in [0.1, 0.15) is 13.8 Å². The second-order valence-corrected chi connectivity index (χ2v) is 9.28. The van der Waals surface area contributed by atoms with Crippen LogP contribution in [0.3, 0.4) is 0 Å². The zero-order valence-electron chi connectivity index (χ0n) is 25.0. The third kappa shape index (κ3) is 13.1. The minimum atomic E-state index is -0.0396. The van der Waals surface area contributed by atoms with Gasteiger partial charge in [0.25, 0.3) is 0 Å². The SMILES string of the molecule is CC(N=O)=C1C=CC=C[CH-]1.CC(N=O)=C1C=CC=C[CH-]1.O=C1C=CC=CC1=CNc1ccccc1NC=C1C=CC=CC1=O.[Pd].[Pd]. The first kappa shape index (κ1) is 39.3. The topological polar surface area (TPSA) is 117 Å². The molecule has 242 valence electrons. The number of anilines is 2.